The van der Waals surface area contributed by atoms with Crippen molar-refractivity contribution in [2.75, 3.05) is 11.9 Å². The maximum absolute atomic E-state index is 5.50. The van der Waals surface area contributed by atoms with Gasteiger partial charge in [-0.2, -0.15) is 0 Å². The minimum absolute atomic E-state index is 0.344. The monoisotopic (exact) mass is 243 g/mol. The molecule has 1 aromatic heterocycles. The molecule has 1 N–H and O–H groups in total. The zero-order chi connectivity index (χ0) is 12.4. The summed E-state index contributed by atoms with van der Waals surface area (Å²) in [6.07, 6.45) is 3.62. The summed E-state index contributed by atoms with van der Waals surface area (Å²) >= 11 is 0. The minimum atomic E-state index is 0.344. The van der Waals surface area contributed by atoms with Gasteiger partial charge < -0.3 is 14.5 Å². The Bertz CT molecular complexity index is 519. The molecule has 3 nitrogen and oxygen atoms in total. The van der Waals surface area contributed by atoms with E-state index in [9.17, 15) is 0 Å². The normalized spacial score (nSPS) is 14.9. The van der Waals surface area contributed by atoms with Crippen LogP contribution in [-0.2, 0) is 12.8 Å². The van der Waals surface area contributed by atoms with E-state index in [1.807, 2.05) is 18.2 Å². The van der Waals surface area contributed by atoms with Crippen molar-refractivity contribution in [3.05, 3.63) is 47.9 Å². The SMILES string of the molecule is CC(Cc1ccco1)Nc1ccc2c(c1)CCO2. The maximum Gasteiger partial charge on any atom is 0.122 e. The van der Waals surface area contributed by atoms with E-state index in [1.54, 1.807) is 6.26 Å². The standard InChI is InChI=1S/C15H17NO2/c1-11(9-14-3-2-7-17-14)16-13-4-5-15-12(10-13)6-8-18-15/h2-5,7,10-11,16H,6,8-9H2,1H3. The number of rotatable bonds is 4. The van der Waals surface area contributed by atoms with Gasteiger partial charge in [-0.25, -0.2) is 0 Å². The van der Waals surface area contributed by atoms with Crippen molar-refractivity contribution < 1.29 is 9.15 Å². The Balaban J connectivity index is 1.65. The molecule has 0 spiro atoms. The first kappa shape index (κ1) is 11.2. The summed E-state index contributed by atoms with van der Waals surface area (Å²) in [6, 6.07) is 10.6. The quantitative estimate of drug-likeness (QED) is 0.895. The van der Waals surface area contributed by atoms with Gasteiger partial charge in [0.15, 0.2) is 0 Å². The third-order valence-electron chi connectivity index (χ3n) is 3.19. The Morgan fingerprint density at radius 2 is 2.28 bits per heavy atom. The first-order valence-electron chi connectivity index (χ1n) is 6.36. The Morgan fingerprint density at radius 3 is 3.11 bits per heavy atom. The van der Waals surface area contributed by atoms with Crippen LogP contribution in [0.1, 0.15) is 18.2 Å². The van der Waals surface area contributed by atoms with E-state index in [4.69, 9.17) is 9.15 Å². The van der Waals surface area contributed by atoms with Crippen LogP contribution in [-0.4, -0.2) is 12.6 Å². The van der Waals surface area contributed by atoms with Gasteiger partial charge in [0.1, 0.15) is 11.5 Å². The van der Waals surface area contributed by atoms with Gasteiger partial charge in [-0.1, -0.05) is 0 Å². The third kappa shape index (κ3) is 2.35. The van der Waals surface area contributed by atoms with Crippen LogP contribution in [0.4, 0.5) is 5.69 Å². The molecule has 1 atom stereocenters. The molecule has 0 aliphatic carbocycles. The van der Waals surface area contributed by atoms with Gasteiger partial charge in [-0.05, 0) is 42.8 Å². The predicted octanol–water partition coefficient (Wildman–Crippen LogP) is 3.26. The number of hydrogen-bond donors (Lipinski definition) is 1. The second kappa shape index (κ2) is 4.77. The fraction of sp³-hybridized carbons (Fsp3) is 0.333. The summed E-state index contributed by atoms with van der Waals surface area (Å²) < 4.78 is 10.9. The fourth-order valence-electron chi connectivity index (χ4n) is 2.34. The molecule has 1 unspecified atom stereocenters. The van der Waals surface area contributed by atoms with E-state index in [1.165, 1.54) is 5.56 Å². The van der Waals surface area contributed by atoms with Crippen LogP contribution in [0.5, 0.6) is 5.75 Å². The smallest absolute Gasteiger partial charge is 0.122 e. The number of anilines is 1. The summed E-state index contributed by atoms with van der Waals surface area (Å²) in [6.45, 7) is 2.97. The van der Waals surface area contributed by atoms with Crippen LogP contribution in [0, 0.1) is 0 Å². The number of nitrogens with one attached hydrogen (secondary N) is 1. The molecule has 1 aliphatic heterocycles. The average molecular weight is 243 g/mol. The molecule has 0 saturated heterocycles. The van der Waals surface area contributed by atoms with Crippen molar-refractivity contribution in [2.45, 2.75) is 25.8 Å². The Labute approximate surface area is 107 Å². The second-order valence-electron chi connectivity index (χ2n) is 4.75. The number of fused-ring (bicyclic) bond motifs is 1. The predicted molar refractivity (Wildman–Crippen MR) is 71.1 cm³/mol. The van der Waals surface area contributed by atoms with Crippen LogP contribution in [0.25, 0.3) is 0 Å². The lowest BCUT2D eigenvalue weighted by molar-refractivity contribution is 0.357. The molecule has 1 aliphatic rings. The Kier molecular flexibility index (Phi) is 2.97. The summed E-state index contributed by atoms with van der Waals surface area (Å²) in [5.74, 6) is 2.04. The molecule has 3 rings (SSSR count). The van der Waals surface area contributed by atoms with E-state index in [-0.39, 0.29) is 0 Å². The Hall–Kier alpha value is -1.90. The van der Waals surface area contributed by atoms with Crippen molar-refractivity contribution in [1.29, 1.82) is 0 Å². The lowest BCUT2D eigenvalue weighted by Crippen LogP contribution is -2.17. The van der Waals surface area contributed by atoms with Crippen molar-refractivity contribution in [1.82, 2.24) is 0 Å². The zero-order valence-electron chi connectivity index (χ0n) is 10.5. The first-order valence-corrected chi connectivity index (χ1v) is 6.36. The first-order chi connectivity index (χ1) is 8.81. The molecule has 0 bridgehead atoms. The van der Waals surface area contributed by atoms with Crippen LogP contribution in [0.3, 0.4) is 0 Å². The average Bonchev–Trinajstić information content (AvgIpc) is 2.98. The lowest BCUT2D eigenvalue weighted by atomic mass is 10.1. The van der Waals surface area contributed by atoms with Gasteiger partial charge in [0, 0.05) is 24.6 Å². The van der Waals surface area contributed by atoms with Crippen molar-refractivity contribution in [3.8, 4) is 5.75 Å². The summed E-state index contributed by atoms with van der Waals surface area (Å²) in [4.78, 5) is 0. The number of furan rings is 1. The summed E-state index contributed by atoms with van der Waals surface area (Å²) in [5.41, 5.74) is 2.45. The summed E-state index contributed by atoms with van der Waals surface area (Å²) in [5, 5.41) is 3.49. The van der Waals surface area contributed by atoms with Gasteiger partial charge in [-0.3, -0.25) is 0 Å². The highest BCUT2D eigenvalue weighted by Gasteiger charge is 2.13. The molecule has 2 heterocycles. The highest BCUT2D eigenvalue weighted by Crippen LogP contribution is 2.28. The van der Waals surface area contributed by atoms with Crippen LogP contribution in [0.15, 0.2) is 41.0 Å². The van der Waals surface area contributed by atoms with Gasteiger partial charge >= 0.3 is 0 Å². The van der Waals surface area contributed by atoms with E-state index >= 15 is 0 Å². The molecule has 1 aromatic carbocycles. The second-order valence-corrected chi connectivity index (χ2v) is 4.75. The zero-order valence-corrected chi connectivity index (χ0v) is 10.5. The van der Waals surface area contributed by atoms with E-state index in [0.29, 0.717) is 6.04 Å². The largest absolute Gasteiger partial charge is 0.493 e. The summed E-state index contributed by atoms with van der Waals surface area (Å²) in [7, 11) is 0. The Morgan fingerprint density at radius 1 is 1.33 bits per heavy atom. The molecule has 94 valence electrons. The van der Waals surface area contributed by atoms with Gasteiger partial charge in [0.2, 0.25) is 0 Å². The van der Waals surface area contributed by atoms with Crippen molar-refractivity contribution in [3.63, 3.8) is 0 Å². The highest BCUT2D eigenvalue weighted by atomic mass is 16.5. The molecule has 18 heavy (non-hydrogen) atoms. The molecule has 0 radical (unpaired) electrons. The van der Waals surface area contributed by atoms with E-state index in [2.05, 4.69) is 24.4 Å². The fourth-order valence-corrected chi connectivity index (χ4v) is 2.34. The molecule has 0 saturated carbocycles. The molecule has 0 amide bonds. The number of benzene rings is 1. The molecular weight excluding hydrogens is 226 g/mol. The number of ether oxygens (including phenoxy) is 1. The van der Waals surface area contributed by atoms with E-state index < -0.39 is 0 Å². The molecular formula is C15H17NO2. The molecule has 3 heteroatoms. The van der Waals surface area contributed by atoms with Crippen molar-refractivity contribution in [2.24, 2.45) is 0 Å². The number of hydrogen-bond acceptors (Lipinski definition) is 3. The van der Waals surface area contributed by atoms with Gasteiger partial charge in [-0.15, -0.1) is 0 Å². The minimum Gasteiger partial charge on any atom is -0.493 e. The highest BCUT2D eigenvalue weighted by molar-refractivity contribution is 5.52. The topological polar surface area (TPSA) is 34.4 Å². The lowest BCUT2D eigenvalue weighted by Gasteiger charge is -2.14. The van der Waals surface area contributed by atoms with Crippen LogP contribution >= 0.6 is 0 Å². The molecule has 0 fully saturated rings. The van der Waals surface area contributed by atoms with Crippen molar-refractivity contribution >= 4 is 5.69 Å². The van der Waals surface area contributed by atoms with E-state index in [0.717, 1.165) is 36.6 Å². The molecule has 2 aromatic rings. The van der Waals surface area contributed by atoms with Crippen LogP contribution < -0.4 is 10.1 Å². The third-order valence-corrected chi connectivity index (χ3v) is 3.19. The maximum atomic E-state index is 5.50. The van der Waals surface area contributed by atoms with Gasteiger partial charge in [0.25, 0.3) is 0 Å². The van der Waals surface area contributed by atoms with Crippen LogP contribution in [0.2, 0.25) is 0 Å². The van der Waals surface area contributed by atoms with Gasteiger partial charge in [0.05, 0.1) is 12.9 Å².